The highest BCUT2D eigenvalue weighted by Gasteiger charge is 2.40. The van der Waals surface area contributed by atoms with Crippen LogP contribution >= 0.6 is 0 Å². The maximum Gasteiger partial charge on any atom is 0.436 e. The van der Waals surface area contributed by atoms with Gasteiger partial charge >= 0.3 is 6.18 Å². The highest BCUT2D eigenvalue weighted by atomic mass is 19.4. The van der Waals surface area contributed by atoms with Gasteiger partial charge in [0.25, 0.3) is 0 Å². The SMILES string of the molecule is N#CC(C#N)=c1c(C#N)c/c(=C(/C#N)c2c(F)c(F)nc(C(F)(F)F)c2F)c(C#N)c1C#N. The number of nitrogens with zero attached hydrogens (tertiary/aromatic N) is 7. The molecule has 0 saturated carbocycles. The van der Waals surface area contributed by atoms with Gasteiger partial charge in [0.05, 0.1) is 33.9 Å². The number of halogens is 6. The van der Waals surface area contributed by atoms with E-state index >= 15 is 0 Å². The standard InChI is InChI=1S/C20HF6N7/c21-16-15(17(22)19(23)33-18(16)20(24,25)26)12(6-31)10-1-8(2-27)14(9(3-28)4-29)13(7-32)11(10)5-30/h1H/b12-10+. The van der Waals surface area contributed by atoms with Crippen LogP contribution in [0, 0.1) is 85.6 Å². The summed E-state index contributed by atoms with van der Waals surface area (Å²) in [6.07, 6.45) is -5.60. The topological polar surface area (TPSA) is 156 Å². The molecule has 1 heterocycles. The normalized spacial score (nSPS) is 11.0. The molecule has 0 spiro atoms. The van der Waals surface area contributed by atoms with Gasteiger partial charge in [-0.25, -0.2) is 13.8 Å². The molecule has 1 aromatic heterocycles. The van der Waals surface area contributed by atoms with E-state index in [0.717, 1.165) is 6.07 Å². The number of nitriles is 6. The third-order valence-corrected chi connectivity index (χ3v) is 4.08. The van der Waals surface area contributed by atoms with Crippen LogP contribution in [0.2, 0.25) is 0 Å². The van der Waals surface area contributed by atoms with Crippen LogP contribution in [0.4, 0.5) is 26.3 Å². The highest BCUT2D eigenvalue weighted by molar-refractivity contribution is 5.81. The third kappa shape index (κ3) is 3.87. The Morgan fingerprint density at radius 3 is 1.79 bits per heavy atom. The first kappa shape index (κ1) is 23.9. The van der Waals surface area contributed by atoms with E-state index in [2.05, 4.69) is 4.98 Å². The minimum Gasteiger partial charge on any atom is -0.209 e. The van der Waals surface area contributed by atoms with Crippen molar-refractivity contribution in [3.8, 4) is 36.4 Å². The van der Waals surface area contributed by atoms with Crippen LogP contribution in [-0.4, -0.2) is 4.98 Å². The minimum atomic E-state index is -5.60. The number of aromatic nitrogens is 1. The second-order valence-corrected chi connectivity index (χ2v) is 5.77. The van der Waals surface area contributed by atoms with Crippen LogP contribution in [0.5, 0.6) is 0 Å². The molecule has 0 N–H and O–H groups in total. The van der Waals surface area contributed by atoms with Crippen molar-refractivity contribution in [1.29, 1.82) is 31.6 Å². The minimum absolute atomic E-state index is 0.562. The Morgan fingerprint density at radius 2 is 1.36 bits per heavy atom. The van der Waals surface area contributed by atoms with Gasteiger partial charge in [-0.2, -0.15) is 49.1 Å². The summed E-state index contributed by atoms with van der Waals surface area (Å²) in [5.74, 6) is -7.19. The van der Waals surface area contributed by atoms with E-state index in [1.54, 1.807) is 0 Å². The maximum atomic E-state index is 14.6. The van der Waals surface area contributed by atoms with Crippen LogP contribution in [0.3, 0.4) is 0 Å². The van der Waals surface area contributed by atoms with Crippen molar-refractivity contribution in [2.24, 2.45) is 0 Å². The zero-order valence-corrected chi connectivity index (χ0v) is 15.5. The van der Waals surface area contributed by atoms with Crippen molar-refractivity contribution in [2.75, 3.05) is 0 Å². The van der Waals surface area contributed by atoms with Crippen molar-refractivity contribution in [3.63, 3.8) is 0 Å². The lowest BCUT2D eigenvalue weighted by molar-refractivity contribution is -0.144. The largest absolute Gasteiger partial charge is 0.436 e. The lowest BCUT2D eigenvalue weighted by Gasteiger charge is -2.12. The lowest BCUT2D eigenvalue weighted by Crippen LogP contribution is -2.26. The van der Waals surface area contributed by atoms with Gasteiger partial charge in [-0.15, -0.1) is 0 Å². The molecule has 0 fully saturated rings. The molecule has 13 heteroatoms. The molecule has 0 unspecified atom stereocenters. The summed E-state index contributed by atoms with van der Waals surface area (Å²) in [6.45, 7) is 0. The van der Waals surface area contributed by atoms with Gasteiger partial charge in [0, 0.05) is 10.4 Å². The van der Waals surface area contributed by atoms with Gasteiger partial charge < -0.3 is 0 Å². The third-order valence-electron chi connectivity index (χ3n) is 4.08. The maximum absolute atomic E-state index is 14.6. The predicted molar refractivity (Wildman–Crippen MR) is 91.7 cm³/mol. The second kappa shape index (κ2) is 8.78. The summed E-state index contributed by atoms with van der Waals surface area (Å²) in [5.41, 5.74) is -8.97. The zero-order valence-electron chi connectivity index (χ0n) is 15.5. The summed E-state index contributed by atoms with van der Waals surface area (Å²) >= 11 is 0. The van der Waals surface area contributed by atoms with Gasteiger partial charge in [-0.3, -0.25) is 0 Å². The van der Waals surface area contributed by atoms with Crippen molar-refractivity contribution in [3.05, 3.63) is 62.0 Å². The lowest BCUT2D eigenvalue weighted by atomic mass is 9.92. The zero-order chi connectivity index (χ0) is 25.1. The molecule has 33 heavy (non-hydrogen) atoms. The predicted octanol–water partition coefficient (Wildman–Crippen LogP) is 2.05. The van der Waals surface area contributed by atoms with E-state index in [9.17, 15) is 47.4 Å². The van der Waals surface area contributed by atoms with Crippen molar-refractivity contribution in [2.45, 2.75) is 6.18 Å². The first-order valence-electron chi connectivity index (χ1n) is 8.00. The number of alkyl halides is 3. The Labute approximate surface area is 179 Å². The molecule has 0 amide bonds. The summed E-state index contributed by atoms with van der Waals surface area (Å²) < 4.78 is 81.8. The van der Waals surface area contributed by atoms with Gasteiger partial charge in [0.2, 0.25) is 5.95 Å². The summed E-state index contributed by atoms with van der Waals surface area (Å²) in [6, 6.07) is 8.72. The highest BCUT2D eigenvalue weighted by Crippen LogP contribution is 2.34. The fourth-order valence-corrected chi connectivity index (χ4v) is 2.77. The number of hydrogen-bond acceptors (Lipinski definition) is 7. The monoisotopic (exact) mass is 453 g/mol. The molecule has 0 aliphatic rings. The van der Waals surface area contributed by atoms with E-state index in [1.807, 2.05) is 0 Å². The summed E-state index contributed by atoms with van der Waals surface area (Å²) in [5, 5.41) is 54.3. The van der Waals surface area contributed by atoms with Gasteiger partial charge in [0.15, 0.2) is 17.3 Å². The van der Waals surface area contributed by atoms with Gasteiger partial charge in [-0.1, -0.05) is 0 Å². The van der Waals surface area contributed by atoms with Crippen LogP contribution < -0.4 is 10.4 Å². The average molecular weight is 453 g/mol. The Kier molecular flexibility index (Phi) is 6.36. The molecule has 0 aliphatic heterocycles. The number of benzene rings is 1. The Bertz CT molecular complexity index is 1580. The first-order chi connectivity index (χ1) is 15.5. The van der Waals surface area contributed by atoms with Crippen LogP contribution in [0.15, 0.2) is 6.07 Å². The van der Waals surface area contributed by atoms with Crippen LogP contribution in [0.25, 0.3) is 11.1 Å². The Hall–Kier alpha value is -5.37. The number of pyridine rings is 1. The Morgan fingerprint density at radius 1 is 0.788 bits per heavy atom. The molecule has 2 rings (SSSR count). The fraction of sp³-hybridized carbons (Fsp3) is 0.0500. The summed E-state index contributed by atoms with van der Waals surface area (Å²) in [7, 11) is 0. The molecule has 1 aromatic carbocycles. The molecule has 0 radical (unpaired) electrons. The smallest absolute Gasteiger partial charge is 0.209 e. The van der Waals surface area contributed by atoms with E-state index in [0.29, 0.717) is 6.07 Å². The molecule has 0 bridgehead atoms. The molecule has 0 atom stereocenters. The molecule has 0 aliphatic carbocycles. The molecule has 2 aromatic rings. The van der Waals surface area contributed by atoms with Crippen molar-refractivity contribution >= 4 is 11.1 Å². The quantitative estimate of drug-likeness (QED) is 0.473. The van der Waals surface area contributed by atoms with E-state index in [-0.39, 0.29) is 0 Å². The van der Waals surface area contributed by atoms with Crippen LogP contribution in [0.1, 0.15) is 27.9 Å². The van der Waals surface area contributed by atoms with E-state index in [1.165, 1.54) is 30.3 Å². The second-order valence-electron chi connectivity index (χ2n) is 5.77. The number of hydrogen-bond donors (Lipinski definition) is 0. The fourth-order valence-electron chi connectivity index (χ4n) is 2.77. The molecule has 158 valence electrons. The van der Waals surface area contributed by atoms with Gasteiger partial charge in [-0.05, 0) is 6.07 Å². The van der Waals surface area contributed by atoms with Gasteiger partial charge in [0.1, 0.15) is 35.9 Å². The molecular formula is C20HF6N7. The van der Waals surface area contributed by atoms with E-state index in [4.69, 9.17) is 10.5 Å². The molecular weight excluding hydrogens is 452 g/mol. The summed E-state index contributed by atoms with van der Waals surface area (Å²) in [4.78, 5) is 2.17. The van der Waals surface area contributed by atoms with E-state index < -0.39 is 73.3 Å². The number of rotatable bonds is 1. The first-order valence-corrected chi connectivity index (χ1v) is 8.00. The van der Waals surface area contributed by atoms with Crippen molar-refractivity contribution < 1.29 is 26.3 Å². The van der Waals surface area contributed by atoms with Crippen molar-refractivity contribution in [1.82, 2.24) is 4.98 Å². The molecule has 7 nitrogen and oxygen atoms in total. The van der Waals surface area contributed by atoms with Crippen LogP contribution in [-0.2, 0) is 6.18 Å². The molecule has 0 saturated heterocycles. The Balaban J connectivity index is 3.41. The average Bonchev–Trinajstić information content (AvgIpc) is 2.78.